The summed E-state index contributed by atoms with van der Waals surface area (Å²) in [6, 6.07) is 7.20. The van der Waals surface area contributed by atoms with Gasteiger partial charge in [0.25, 0.3) is 0 Å². The van der Waals surface area contributed by atoms with E-state index in [0.717, 1.165) is 28.5 Å². The van der Waals surface area contributed by atoms with Crippen molar-refractivity contribution in [3.05, 3.63) is 89.8 Å². The largest absolute Gasteiger partial charge is 0.508 e. The minimum Gasteiger partial charge on any atom is -0.508 e. The lowest BCUT2D eigenvalue weighted by Crippen LogP contribution is -2.10. The first-order chi connectivity index (χ1) is 17.1. The molecule has 3 heteroatoms. The van der Waals surface area contributed by atoms with Crippen molar-refractivity contribution in [3.8, 4) is 5.75 Å². The van der Waals surface area contributed by atoms with Gasteiger partial charge in [-0.15, -0.1) is 0 Å². The average Bonchev–Trinajstić information content (AvgIpc) is 3.61. The van der Waals surface area contributed by atoms with E-state index < -0.39 is 0 Å². The molecule has 0 amide bonds. The fraction of sp³-hybridized carbons (Fsp3) is 0.485. The molecule has 0 spiro atoms. The van der Waals surface area contributed by atoms with Crippen molar-refractivity contribution in [1.29, 1.82) is 0 Å². The Balaban J connectivity index is 0.000000715. The molecule has 1 saturated carbocycles. The van der Waals surface area contributed by atoms with Crippen LogP contribution < -0.4 is 5.32 Å². The Morgan fingerprint density at radius 1 is 1.08 bits per heavy atom. The molecule has 1 aromatic carbocycles. The molecule has 0 aromatic heterocycles. The summed E-state index contributed by atoms with van der Waals surface area (Å²) >= 11 is 0. The Morgan fingerprint density at radius 2 is 1.64 bits per heavy atom. The van der Waals surface area contributed by atoms with E-state index >= 15 is 0 Å². The molecule has 1 aliphatic carbocycles. The molecule has 36 heavy (non-hydrogen) atoms. The standard InChI is InChI=1S/C19H24N2O.C10H20.C4H8/c1-6-9-15(4)18(14(2)3)13-21-16(5)20-12-17-10-7-8-11-19(17)22;1-5-7-10(8-6-2)9(3)4;1-4-2-3-4/h6-11,13,20,22H,1,5,12H2,2-4H3;10H,3,5-8H2,1-2,4H3;4H,2-3H2,1H3/b15-9-,21-13-;;. The van der Waals surface area contributed by atoms with Crippen LogP contribution in [-0.2, 0) is 6.54 Å². The van der Waals surface area contributed by atoms with E-state index in [-0.39, 0.29) is 5.75 Å². The number of nitrogens with zero attached hydrogens (tertiary/aromatic N) is 1. The molecule has 200 valence electrons. The number of rotatable bonds is 12. The molecule has 3 nitrogen and oxygen atoms in total. The Bertz CT molecular complexity index is 890. The van der Waals surface area contributed by atoms with E-state index in [1.807, 2.05) is 39.0 Å². The number of allylic oxidation sites excluding steroid dienone is 6. The Kier molecular flexibility index (Phi) is 17.9. The van der Waals surface area contributed by atoms with Gasteiger partial charge in [-0.05, 0) is 69.6 Å². The third-order valence-corrected chi connectivity index (χ3v) is 5.99. The first kappa shape index (κ1) is 33.2. The topological polar surface area (TPSA) is 44.6 Å². The number of aromatic hydroxyl groups is 1. The smallest absolute Gasteiger partial charge is 0.120 e. The zero-order valence-electron chi connectivity index (χ0n) is 24.2. The SMILES string of the molecule is C=C(C)C(CCC)CCC.C=C/C=C(/C)C(/C=N\C(=C)NCc1ccccc1O)=C(C)C.CC1CC1. The van der Waals surface area contributed by atoms with Crippen LogP contribution >= 0.6 is 0 Å². The van der Waals surface area contributed by atoms with Gasteiger partial charge in [-0.25, -0.2) is 4.99 Å². The van der Waals surface area contributed by atoms with Crippen molar-refractivity contribution >= 4 is 6.21 Å². The molecular formula is C33H52N2O. The summed E-state index contributed by atoms with van der Waals surface area (Å²) in [6.07, 6.45) is 13.7. The number of phenols is 1. The van der Waals surface area contributed by atoms with Gasteiger partial charge in [0.15, 0.2) is 0 Å². The number of nitrogens with one attached hydrogen (secondary N) is 1. The van der Waals surface area contributed by atoms with Crippen molar-refractivity contribution in [3.63, 3.8) is 0 Å². The van der Waals surface area contributed by atoms with Crippen molar-refractivity contribution in [1.82, 2.24) is 5.32 Å². The maximum absolute atomic E-state index is 9.71. The first-order valence-corrected chi connectivity index (χ1v) is 13.4. The second kappa shape index (κ2) is 19.4. The molecule has 0 unspecified atom stereocenters. The highest BCUT2D eigenvalue weighted by Crippen LogP contribution is 2.26. The second-order valence-corrected chi connectivity index (χ2v) is 9.99. The number of phenolic OH excluding ortho intramolecular Hbond substituents is 1. The first-order valence-electron chi connectivity index (χ1n) is 13.4. The molecule has 2 N–H and O–H groups in total. The van der Waals surface area contributed by atoms with E-state index in [1.165, 1.54) is 49.7 Å². The van der Waals surface area contributed by atoms with Gasteiger partial charge in [0, 0.05) is 18.3 Å². The highest BCUT2D eigenvalue weighted by atomic mass is 16.3. The Morgan fingerprint density at radius 3 is 2.06 bits per heavy atom. The van der Waals surface area contributed by atoms with Gasteiger partial charge in [0.05, 0.1) is 0 Å². The quantitative estimate of drug-likeness (QED) is 0.173. The lowest BCUT2D eigenvalue weighted by molar-refractivity contribution is 0.466. The van der Waals surface area contributed by atoms with Crippen LogP contribution in [0.3, 0.4) is 0 Å². The summed E-state index contributed by atoms with van der Waals surface area (Å²) in [5.74, 6) is 2.69. The predicted octanol–water partition coefficient (Wildman–Crippen LogP) is 9.69. The summed E-state index contributed by atoms with van der Waals surface area (Å²) in [7, 11) is 0. The number of hydrogen-bond acceptors (Lipinski definition) is 3. The zero-order chi connectivity index (χ0) is 27.5. The van der Waals surface area contributed by atoms with Crippen LogP contribution in [0, 0.1) is 11.8 Å². The van der Waals surface area contributed by atoms with Gasteiger partial charge in [-0.2, -0.15) is 0 Å². The maximum atomic E-state index is 9.71. The fourth-order valence-electron chi connectivity index (χ4n) is 3.44. The summed E-state index contributed by atoms with van der Waals surface area (Å²) in [5, 5.41) is 12.8. The van der Waals surface area contributed by atoms with E-state index in [2.05, 4.69) is 57.7 Å². The van der Waals surface area contributed by atoms with Crippen molar-refractivity contribution in [2.24, 2.45) is 16.8 Å². The second-order valence-electron chi connectivity index (χ2n) is 9.99. The molecule has 0 saturated heterocycles. The average molecular weight is 493 g/mol. The van der Waals surface area contributed by atoms with Crippen molar-refractivity contribution < 1.29 is 5.11 Å². The molecular weight excluding hydrogens is 440 g/mol. The van der Waals surface area contributed by atoms with Crippen LogP contribution in [0.25, 0.3) is 0 Å². The molecule has 0 aliphatic heterocycles. The van der Waals surface area contributed by atoms with Gasteiger partial charge >= 0.3 is 0 Å². The molecule has 0 radical (unpaired) electrons. The number of aliphatic imine (C=N–C) groups is 1. The van der Waals surface area contributed by atoms with Gasteiger partial charge in [0.2, 0.25) is 0 Å². The van der Waals surface area contributed by atoms with Crippen LogP contribution in [0.1, 0.15) is 92.6 Å². The number of benzene rings is 1. The summed E-state index contributed by atoms with van der Waals surface area (Å²) in [4.78, 5) is 4.35. The fourth-order valence-corrected chi connectivity index (χ4v) is 3.44. The van der Waals surface area contributed by atoms with Gasteiger partial charge in [-0.1, -0.05) is 108 Å². The van der Waals surface area contributed by atoms with Gasteiger partial charge < -0.3 is 10.4 Å². The lowest BCUT2D eigenvalue weighted by Gasteiger charge is -2.14. The van der Waals surface area contributed by atoms with Crippen LogP contribution in [0.2, 0.25) is 0 Å². The van der Waals surface area contributed by atoms with E-state index in [9.17, 15) is 5.11 Å². The normalized spacial score (nSPS) is 12.7. The maximum Gasteiger partial charge on any atom is 0.120 e. The number of para-hydroxylation sites is 1. The predicted molar refractivity (Wildman–Crippen MR) is 161 cm³/mol. The van der Waals surface area contributed by atoms with Gasteiger partial charge in [-0.3, -0.25) is 0 Å². The molecule has 1 aromatic rings. The summed E-state index contributed by atoms with van der Waals surface area (Å²) < 4.78 is 0. The monoisotopic (exact) mass is 492 g/mol. The molecule has 0 heterocycles. The zero-order valence-corrected chi connectivity index (χ0v) is 24.2. The van der Waals surface area contributed by atoms with Crippen LogP contribution in [0.5, 0.6) is 5.75 Å². The van der Waals surface area contributed by atoms with Crippen LogP contribution in [-0.4, -0.2) is 11.3 Å². The lowest BCUT2D eigenvalue weighted by atomic mass is 9.92. The Labute approximate surface area is 222 Å². The van der Waals surface area contributed by atoms with Gasteiger partial charge in [0.1, 0.15) is 11.6 Å². The third-order valence-electron chi connectivity index (χ3n) is 5.99. The molecule has 2 rings (SSSR count). The van der Waals surface area contributed by atoms with E-state index in [4.69, 9.17) is 0 Å². The molecule has 1 aliphatic rings. The molecule has 0 atom stereocenters. The van der Waals surface area contributed by atoms with Crippen LogP contribution in [0.4, 0.5) is 0 Å². The molecule has 1 fully saturated rings. The van der Waals surface area contributed by atoms with Crippen molar-refractivity contribution in [2.45, 2.75) is 93.5 Å². The van der Waals surface area contributed by atoms with E-state index in [1.54, 1.807) is 24.4 Å². The molecule has 0 bridgehead atoms. The Hall–Kier alpha value is -2.81. The summed E-state index contributed by atoms with van der Waals surface area (Å²) in [5.41, 5.74) is 5.51. The summed E-state index contributed by atoms with van der Waals surface area (Å²) in [6.45, 7) is 27.1. The van der Waals surface area contributed by atoms with E-state index in [0.29, 0.717) is 12.4 Å². The highest BCUT2D eigenvalue weighted by Gasteiger charge is 2.12. The minimum atomic E-state index is 0.265. The minimum absolute atomic E-state index is 0.265. The highest BCUT2D eigenvalue weighted by molar-refractivity contribution is 5.86. The van der Waals surface area contributed by atoms with Crippen molar-refractivity contribution in [2.75, 3.05) is 0 Å². The number of hydrogen-bond donors (Lipinski definition) is 2. The van der Waals surface area contributed by atoms with Crippen LogP contribution in [0.15, 0.2) is 89.3 Å². The third kappa shape index (κ3) is 16.0.